The summed E-state index contributed by atoms with van der Waals surface area (Å²) in [6.07, 6.45) is 7.60. The molecule has 96 valence electrons. The average Bonchev–Trinajstić information content (AvgIpc) is 2.37. The second kappa shape index (κ2) is 7.78. The van der Waals surface area contributed by atoms with E-state index < -0.39 is 5.97 Å². The molecule has 0 radical (unpaired) electrons. The van der Waals surface area contributed by atoms with Crippen molar-refractivity contribution in [3.05, 3.63) is 35.8 Å². The predicted octanol–water partition coefficient (Wildman–Crippen LogP) is 3.42. The third kappa shape index (κ3) is 5.24. The van der Waals surface area contributed by atoms with Gasteiger partial charge in [0.1, 0.15) is 5.40 Å². The van der Waals surface area contributed by atoms with Crippen LogP contribution in [0.15, 0.2) is 35.8 Å². The summed E-state index contributed by atoms with van der Waals surface area (Å²) in [4.78, 5) is 11.3. The highest BCUT2D eigenvalue weighted by Gasteiger charge is 2.16. The average molecular weight is 263 g/mol. The van der Waals surface area contributed by atoms with E-state index in [1.165, 1.54) is 17.1 Å². The number of rotatable bonds is 5. The lowest BCUT2D eigenvalue weighted by Gasteiger charge is -2.22. The van der Waals surface area contributed by atoms with Crippen LogP contribution in [0.3, 0.4) is 0 Å². The number of carbonyl (C=O) groups is 1. The van der Waals surface area contributed by atoms with Crippen LogP contribution < -0.4 is 0 Å². The van der Waals surface area contributed by atoms with E-state index in [1.807, 2.05) is 12.3 Å². The summed E-state index contributed by atoms with van der Waals surface area (Å²) in [5.74, 6) is 0.360. The standard InChI is InChI=1S/C14H17NO2S/c1-11(2)13-5-3-12(4-6-13)9-17-14(16)7-8-18-10-15/h3,5,7-8,12-13H,1,4,6,9H2,2H3/b8-7-. The van der Waals surface area contributed by atoms with E-state index in [4.69, 9.17) is 10.00 Å². The van der Waals surface area contributed by atoms with Gasteiger partial charge in [-0.05, 0) is 42.9 Å². The van der Waals surface area contributed by atoms with Crippen molar-refractivity contribution in [2.45, 2.75) is 19.8 Å². The van der Waals surface area contributed by atoms with Crippen molar-refractivity contribution in [3.8, 4) is 5.40 Å². The van der Waals surface area contributed by atoms with Gasteiger partial charge in [0.15, 0.2) is 0 Å². The molecule has 0 saturated carbocycles. The van der Waals surface area contributed by atoms with Crippen molar-refractivity contribution in [2.75, 3.05) is 6.61 Å². The van der Waals surface area contributed by atoms with Crippen molar-refractivity contribution >= 4 is 17.7 Å². The SMILES string of the molecule is C=C(C)C1C=CC(COC(=O)/C=C\SC#N)CC1. The summed E-state index contributed by atoms with van der Waals surface area (Å²) < 4.78 is 5.10. The van der Waals surface area contributed by atoms with Gasteiger partial charge in [0.05, 0.1) is 6.61 Å². The van der Waals surface area contributed by atoms with Crippen LogP contribution in [0, 0.1) is 22.5 Å². The number of allylic oxidation sites excluding steroid dienone is 2. The van der Waals surface area contributed by atoms with Crippen LogP contribution in [0.4, 0.5) is 0 Å². The lowest BCUT2D eigenvalue weighted by molar-refractivity contribution is -0.138. The number of nitrogens with zero attached hydrogens (tertiary/aromatic N) is 1. The van der Waals surface area contributed by atoms with Crippen molar-refractivity contribution in [3.63, 3.8) is 0 Å². The van der Waals surface area contributed by atoms with Crippen molar-refractivity contribution in [1.29, 1.82) is 5.26 Å². The Labute approximate surface area is 112 Å². The highest BCUT2D eigenvalue weighted by atomic mass is 32.2. The molecule has 2 unspecified atom stereocenters. The van der Waals surface area contributed by atoms with Crippen LogP contribution in [-0.2, 0) is 9.53 Å². The molecule has 1 aliphatic rings. The first kappa shape index (κ1) is 14.6. The Morgan fingerprint density at radius 1 is 1.61 bits per heavy atom. The van der Waals surface area contributed by atoms with Gasteiger partial charge in [-0.25, -0.2) is 4.79 Å². The molecular weight excluding hydrogens is 246 g/mol. The molecule has 0 fully saturated rings. The van der Waals surface area contributed by atoms with Crippen molar-refractivity contribution in [1.82, 2.24) is 0 Å². The molecule has 0 aromatic carbocycles. The molecule has 18 heavy (non-hydrogen) atoms. The Hall–Kier alpha value is -1.47. The van der Waals surface area contributed by atoms with Gasteiger partial charge in [0.25, 0.3) is 0 Å². The zero-order valence-corrected chi connectivity index (χ0v) is 11.3. The maximum absolute atomic E-state index is 11.3. The van der Waals surface area contributed by atoms with Crippen LogP contribution in [0.1, 0.15) is 19.8 Å². The van der Waals surface area contributed by atoms with E-state index in [0.717, 1.165) is 24.6 Å². The lowest BCUT2D eigenvalue weighted by atomic mass is 9.85. The number of ether oxygens (including phenoxy) is 1. The summed E-state index contributed by atoms with van der Waals surface area (Å²) in [7, 11) is 0. The smallest absolute Gasteiger partial charge is 0.331 e. The monoisotopic (exact) mass is 263 g/mol. The first-order valence-corrected chi connectivity index (χ1v) is 6.73. The summed E-state index contributed by atoms with van der Waals surface area (Å²) in [5.41, 5.74) is 1.18. The molecule has 3 nitrogen and oxygen atoms in total. The van der Waals surface area contributed by atoms with Gasteiger partial charge in [0, 0.05) is 12.0 Å². The Morgan fingerprint density at radius 3 is 2.94 bits per heavy atom. The number of thiocyanates is 1. The van der Waals surface area contributed by atoms with Crippen LogP contribution in [0.2, 0.25) is 0 Å². The van der Waals surface area contributed by atoms with E-state index >= 15 is 0 Å². The van der Waals surface area contributed by atoms with Crippen LogP contribution in [-0.4, -0.2) is 12.6 Å². The number of esters is 1. The molecule has 0 spiro atoms. The fourth-order valence-corrected chi connectivity index (χ4v) is 2.02. The van der Waals surface area contributed by atoms with E-state index in [9.17, 15) is 4.79 Å². The number of carbonyl (C=O) groups excluding carboxylic acids is 1. The fourth-order valence-electron chi connectivity index (χ4n) is 1.78. The van der Waals surface area contributed by atoms with E-state index in [0.29, 0.717) is 18.4 Å². The molecule has 0 saturated heterocycles. The van der Waals surface area contributed by atoms with E-state index in [2.05, 4.69) is 18.7 Å². The second-order valence-corrected chi connectivity index (χ2v) is 5.01. The van der Waals surface area contributed by atoms with Crippen molar-refractivity contribution < 1.29 is 9.53 Å². The largest absolute Gasteiger partial charge is 0.462 e. The molecule has 1 rings (SSSR count). The predicted molar refractivity (Wildman–Crippen MR) is 73.5 cm³/mol. The number of hydrogen-bond acceptors (Lipinski definition) is 4. The number of hydrogen-bond donors (Lipinski definition) is 0. The van der Waals surface area contributed by atoms with Crippen LogP contribution in [0.5, 0.6) is 0 Å². The topological polar surface area (TPSA) is 50.1 Å². The van der Waals surface area contributed by atoms with E-state index in [1.54, 1.807) is 0 Å². The Kier molecular flexibility index (Phi) is 6.31. The normalized spacial score (nSPS) is 22.7. The molecule has 0 aromatic rings. The molecule has 0 N–H and O–H groups in total. The summed E-state index contributed by atoms with van der Waals surface area (Å²) in [6, 6.07) is 0. The number of nitriles is 1. The van der Waals surface area contributed by atoms with Gasteiger partial charge in [-0.15, -0.1) is 0 Å². The van der Waals surface area contributed by atoms with Gasteiger partial charge in [-0.3, -0.25) is 0 Å². The van der Waals surface area contributed by atoms with Gasteiger partial charge >= 0.3 is 5.97 Å². The third-order valence-corrected chi connectivity index (χ3v) is 3.24. The third-order valence-electron chi connectivity index (χ3n) is 2.86. The van der Waals surface area contributed by atoms with Gasteiger partial charge in [0.2, 0.25) is 0 Å². The maximum atomic E-state index is 11.3. The molecule has 0 heterocycles. The molecule has 0 aromatic heterocycles. The molecule has 2 atom stereocenters. The second-order valence-electron chi connectivity index (χ2n) is 4.32. The summed E-state index contributed by atoms with van der Waals surface area (Å²) in [5, 5.41) is 11.5. The fraction of sp³-hybridized carbons (Fsp3) is 0.429. The summed E-state index contributed by atoms with van der Waals surface area (Å²) in [6.45, 7) is 6.38. The zero-order chi connectivity index (χ0) is 13.4. The Morgan fingerprint density at radius 2 is 2.39 bits per heavy atom. The zero-order valence-electron chi connectivity index (χ0n) is 10.5. The van der Waals surface area contributed by atoms with Gasteiger partial charge < -0.3 is 4.74 Å². The molecular formula is C14H17NO2S. The van der Waals surface area contributed by atoms with Crippen LogP contribution in [0.25, 0.3) is 0 Å². The first-order valence-electron chi connectivity index (χ1n) is 5.85. The minimum absolute atomic E-state index is 0.293. The summed E-state index contributed by atoms with van der Waals surface area (Å²) >= 11 is 0.902. The Balaban J connectivity index is 2.29. The Bertz CT molecular complexity index is 407. The molecule has 0 amide bonds. The molecule has 4 heteroatoms. The molecule has 0 bridgehead atoms. The molecule has 1 aliphatic carbocycles. The first-order chi connectivity index (χ1) is 8.63. The highest BCUT2D eigenvalue weighted by Crippen LogP contribution is 2.26. The van der Waals surface area contributed by atoms with Gasteiger partial charge in [-0.1, -0.05) is 24.3 Å². The quantitative estimate of drug-likeness (QED) is 0.330. The minimum atomic E-state index is -0.395. The van der Waals surface area contributed by atoms with Crippen molar-refractivity contribution in [2.24, 2.45) is 11.8 Å². The van der Waals surface area contributed by atoms with Crippen LogP contribution >= 0.6 is 11.8 Å². The number of thioether (sulfide) groups is 1. The van der Waals surface area contributed by atoms with Gasteiger partial charge in [-0.2, -0.15) is 5.26 Å². The van der Waals surface area contributed by atoms with E-state index in [-0.39, 0.29) is 0 Å². The molecule has 0 aliphatic heterocycles. The maximum Gasteiger partial charge on any atom is 0.331 e. The highest BCUT2D eigenvalue weighted by molar-refractivity contribution is 8.06. The minimum Gasteiger partial charge on any atom is -0.462 e. The lowest BCUT2D eigenvalue weighted by Crippen LogP contribution is -2.16.